The fourth-order valence-corrected chi connectivity index (χ4v) is 3.06. The van der Waals surface area contributed by atoms with Gasteiger partial charge in [-0.3, -0.25) is 5.10 Å². The van der Waals surface area contributed by atoms with Crippen LogP contribution < -0.4 is 5.73 Å². The Hall–Kier alpha value is -1.78. The molecule has 0 unspecified atom stereocenters. The van der Waals surface area contributed by atoms with Crippen LogP contribution in [0.4, 0.5) is 5.82 Å². The number of nitrogens with one attached hydrogen (secondary N) is 1. The van der Waals surface area contributed by atoms with Crippen LogP contribution in [0.1, 0.15) is 5.56 Å². The zero-order valence-corrected chi connectivity index (χ0v) is 11.8. The zero-order chi connectivity index (χ0) is 13.4. The highest BCUT2D eigenvalue weighted by atomic mass is 35.5. The number of nitrogens with two attached hydrogens (primary N) is 1. The normalized spacial score (nSPS) is 10.8. The second kappa shape index (κ2) is 4.72. The molecule has 3 N–H and O–H groups in total. The van der Waals surface area contributed by atoms with E-state index in [1.54, 1.807) is 11.3 Å². The van der Waals surface area contributed by atoms with Gasteiger partial charge in [0.1, 0.15) is 0 Å². The van der Waals surface area contributed by atoms with Gasteiger partial charge in [-0.05, 0) is 30.0 Å². The van der Waals surface area contributed by atoms with E-state index in [4.69, 9.17) is 17.3 Å². The van der Waals surface area contributed by atoms with E-state index in [0.717, 1.165) is 32.3 Å². The van der Waals surface area contributed by atoms with Crippen LogP contribution in [0.2, 0.25) is 5.02 Å². The summed E-state index contributed by atoms with van der Waals surface area (Å²) in [6, 6.07) is 9.87. The van der Waals surface area contributed by atoms with Gasteiger partial charge in [0, 0.05) is 15.5 Å². The average molecular weight is 290 g/mol. The number of nitrogen functional groups attached to an aromatic ring is 1. The van der Waals surface area contributed by atoms with Crippen LogP contribution in [0.25, 0.3) is 21.7 Å². The Morgan fingerprint density at radius 1 is 1.26 bits per heavy atom. The molecule has 19 heavy (non-hydrogen) atoms. The van der Waals surface area contributed by atoms with Gasteiger partial charge in [0.05, 0.1) is 11.3 Å². The lowest BCUT2D eigenvalue weighted by atomic mass is 10.0. The van der Waals surface area contributed by atoms with Gasteiger partial charge in [-0.2, -0.15) is 5.10 Å². The van der Waals surface area contributed by atoms with Gasteiger partial charge in [0.25, 0.3) is 0 Å². The van der Waals surface area contributed by atoms with Gasteiger partial charge >= 0.3 is 0 Å². The minimum absolute atomic E-state index is 0.511. The van der Waals surface area contributed by atoms with Crippen molar-refractivity contribution in [3.8, 4) is 21.7 Å². The first-order valence-corrected chi connectivity index (χ1v) is 7.07. The van der Waals surface area contributed by atoms with Crippen LogP contribution in [0, 0.1) is 6.92 Å². The Bertz CT molecular complexity index is 716. The van der Waals surface area contributed by atoms with Crippen LogP contribution in [0.5, 0.6) is 0 Å². The predicted molar refractivity (Wildman–Crippen MR) is 81.5 cm³/mol. The molecule has 0 saturated heterocycles. The first-order chi connectivity index (χ1) is 9.18. The Labute approximate surface area is 120 Å². The zero-order valence-electron chi connectivity index (χ0n) is 10.3. The average Bonchev–Trinajstić information content (AvgIpc) is 3.02. The maximum absolute atomic E-state index is 6.18. The number of halogens is 1. The van der Waals surface area contributed by atoms with Crippen LogP contribution in [-0.2, 0) is 0 Å². The Balaban J connectivity index is 2.25. The third-order valence-electron chi connectivity index (χ3n) is 3.10. The Morgan fingerprint density at radius 2 is 2.11 bits per heavy atom. The van der Waals surface area contributed by atoms with Crippen molar-refractivity contribution in [2.75, 3.05) is 5.73 Å². The summed E-state index contributed by atoms with van der Waals surface area (Å²) in [5.41, 5.74) is 9.90. The molecule has 0 bridgehead atoms. The number of benzene rings is 1. The van der Waals surface area contributed by atoms with Crippen molar-refractivity contribution in [3.63, 3.8) is 0 Å². The Morgan fingerprint density at radius 3 is 2.84 bits per heavy atom. The van der Waals surface area contributed by atoms with E-state index in [1.807, 2.05) is 42.6 Å². The highest BCUT2D eigenvalue weighted by Crippen LogP contribution is 2.39. The second-order valence-corrected chi connectivity index (χ2v) is 5.60. The number of aromatic nitrogens is 2. The standard InChI is InChI=1S/C14H12ClN3S/c1-8-9(4-2-5-10(8)15)13-12(14(16)18-17-13)11-6-3-7-19-11/h2-7H,1H3,(H3,16,17,18). The molecule has 0 amide bonds. The molecule has 0 aliphatic rings. The molecule has 96 valence electrons. The van der Waals surface area contributed by atoms with Gasteiger partial charge in [0.15, 0.2) is 5.82 Å². The summed E-state index contributed by atoms with van der Waals surface area (Å²) in [6.07, 6.45) is 0. The number of hydrogen-bond donors (Lipinski definition) is 2. The van der Waals surface area contributed by atoms with Crippen molar-refractivity contribution in [1.82, 2.24) is 10.2 Å². The van der Waals surface area contributed by atoms with E-state index in [2.05, 4.69) is 10.2 Å². The fraction of sp³-hybridized carbons (Fsp3) is 0.0714. The molecule has 2 aromatic heterocycles. The monoisotopic (exact) mass is 289 g/mol. The van der Waals surface area contributed by atoms with Crippen molar-refractivity contribution in [2.24, 2.45) is 0 Å². The number of rotatable bonds is 2. The van der Waals surface area contributed by atoms with E-state index in [-0.39, 0.29) is 0 Å². The second-order valence-electron chi connectivity index (χ2n) is 4.25. The summed E-state index contributed by atoms with van der Waals surface area (Å²) in [4.78, 5) is 1.10. The van der Waals surface area contributed by atoms with Crippen LogP contribution in [0.15, 0.2) is 35.7 Å². The SMILES string of the molecule is Cc1c(Cl)cccc1-c1[nH]nc(N)c1-c1cccs1. The lowest BCUT2D eigenvalue weighted by Crippen LogP contribution is -1.88. The summed E-state index contributed by atoms with van der Waals surface area (Å²) < 4.78 is 0. The predicted octanol–water partition coefficient (Wildman–Crippen LogP) is 4.35. The molecule has 3 rings (SSSR count). The van der Waals surface area contributed by atoms with E-state index < -0.39 is 0 Å². The molecular formula is C14H12ClN3S. The van der Waals surface area contributed by atoms with E-state index in [1.165, 1.54) is 0 Å². The molecule has 5 heteroatoms. The topological polar surface area (TPSA) is 54.7 Å². The third-order valence-corrected chi connectivity index (χ3v) is 4.40. The minimum atomic E-state index is 0.511. The number of anilines is 1. The summed E-state index contributed by atoms with van der Waals surface area (Å²) >= 11 is 7.83. The number of hydrogen-bond acceptors (Lipinski definition) is 3. The van der Waals surface area contributed by atoms with E-state index >= 15 is 0 Å². The molecular weight excluding hydrogens is 278 g/mol. The smallest absolute Gasteiger partial charge is 0.154 e. The minimum Gasteiger partial charge on any atom is -0.382 e. The highest BCUT2D eigenvalue weighted by Gasteiger charge is 2.17. The van der Waals surface area contributed by atoms with Crippen molar-refractivity contribution >= 4 is 28.8 Å². The van der Waals surface area contributed by atoms with Gasteiger partial charge < -0.3 is 5.73 Å². The maximum Gasteiger partial charge on any atom is 0.154 e. The third kappa shape index (κ3) is 2.03. The lowest BCUT2D eigenvalue weighted by Gasteiger charge is -2.07. The van der Waals surface area contributed by atoms with Crippen LogP contribution in [0.3, 0.4) is 0 Å². The van der Waals surface area contributed by atoms with Gasteiger partial charge in [-0.15, -0.1) is 11.3 Å². The van der Waals surface area contributed by atoms with Gasteiger partial charge in [-0.1, -0.05) is 29.8 Å². The largest absolute Gasteiger partial charge is 0.382 e. The van der Waals surface area contributed by atoms with Crippen molar-refractivity contribution in [1.29, 1.82) is 0 Å². The fourth-order valence-electron chi connectivity index (χ4n) is 2.10. The van der Waals surface area contributed by atoms with E-state index in [9.17, 15) is 0 Å². The molecule has 0 saturated carbocycles. The van der Waals surface area contributed by atoms with Crippen molar-refractivity contribution < 1.29 is 0 Å². The number of nitrogens with zero attached hydrogens (tertiary/aromatic N) is 1. The highest BCUT2D eigenvalue weighted by molar-refractivity contribution is 7.13. The molecule has 3 nitrogen and oxygen atoms in total. The van der Waals surface area contributed by atoms with Gasteiger partial charge in [-0.25, -0.2) is 0 Å². The summed E-state index contributed by atoms with van der Waals surface area (Å²) in [6.45, 7) is 1.99. The first-order valence-electron chi connectivity index (χ1n) is 5.81. The molecule has 0 fully saturated rings. The molecule has 0 spiro atoms. The Kier molecular flexibility index (Phi) is 3.05. The molecule has 0 radical (unpaired) electrons. The van der Waals surface area contributed by atoms with Crippen LogP contribution in [-0.4, -0.2) is 10.2 Å². The summed E-state index contributed by atoms with van der Waals surface area (Å²) in [7, 11) is 0. The van der Waals surface area contributed by atoms with Crippen molar-refractivity contribution in [2.45, 2.75) is 6.92 Å². The van der Waals surface area contributed by atoms with Crippen LogP contribution >= 0.6 is 22.9 Å². The lowest BCUT2D eigenvalue weighted by molar-refractivity contribution is 1.10. The molecule has 2 heterocycles. The molecule has 0 atom stereocenters. The molecule has 1 aromatic carbocycles. The summed E-state index contributed by atoms with van der Waals surface area (Å²) in [5.74, 6) is 0.511. The number of H-pyrrole nitrogens is 1. The van der Waals surface area contributed by atoms with E-state index in [0.29, 0.717) is 5.82 Å². The summed E-state index contributed by atoms with van der Waals surface area (Å²) in [5, 5.41) is 9.92. The quantitative estimate of drug-likeness (QED) is 0.737. The number of aromatic amines is 1. The number of thiophene rings is 1. The first kappa shape index (κ1) is 12.3. The van der Waals surface area contributed by atoms with Crippen molar-refractivity contribution in [3.05, 3.63) is 46.3 Å². The van der Waals surface area contributed by atoms with Gasteiger partial charge in [0.2, 0.25) is 0 Å². The molecule has 0 aliphatic heterocycles. The molecule has 0 aliphatic carbocycles. The maximum atomic E-state index is 6.18. The molecule has 3 aromatic rings.